The van der Waals surface area contributed by atoms with Gasteiger partial charge in [0.05, 0.1) is 18.7 Å². The third kappa shape index (κ3) is 2.74. The number of rotatable bonds is 3. The molecule has 2 amide bonds. The van der Waals surface area contributed by atoms with Crippen molar-refractivity contribution in [1.82, 2.24) is 14.7 Å². The molecule has 2 atom stereocenters. The van der Waals surface area contributed by atoms with E-state index in [1.54, 1.807) is 0 Å². The summed E-state index contributed by atoms with van der Waals surface area (Å²) in [6, 6.07) is 3.65. The molecule has 28 heavy (non-hydrogen) atoms. The Hall–Kier alpha value is -1.74. The lowest BCUT2D eigenvalue weighted by atomic mass is 9.80. The van der Waals surface area contributed by atoms with Crippen molar-refractivity contribution >= 4 is 11.8 Å². The molecule has 8 heteroatoms. The Kier molecular flexibility index (Phi) is 4.35. The van der Waals surface area contributed by atoms with E-state index in [1.165, 1.54) is 4.90 Å². The molecule has 4 aliphatic rings. The van der Waals surface area contributed by atoms with Crippen molar-refractivity contribution in [3.63, 3.8) is 0 Å². The quantitative estimate of drug-likeness (QED) is 0.735. The lowest BCUT2D eigenvalue weighted by Gasteiger charge is -2.60. The molecule has 1 N–H and O–H groups in total. The zero-order valence-corrected chi connectivity index (χ0v) is 16.2. The van der Waals surface area contributed by atoms with Gasteiger partial charge in [-0.2, -0.15) is 0 Å². The SMILES string of the molecule is Cc1ccc(CN2C(=O)C3CC(O)CN3C3(CN(C4CCOCC4)C3)C2=O)o1. The Morgan fingerprint density at radius 2 is 1.96 bits per heavy atom. The summed E-state index contributed by atoms with van der Waals surface area (Å²) in [6.07, 6.45) is 1.77. The standard InChI is InChI=1S/C20H27N3O5/c1-13-2-3-16(28-13)10-22-18(25)17-8-15(24)9-23(17)20(19(22)26)11-21(12-20)14-4-6-27-7-5-14/h2-3,14-15,17,24H,4-12H2,1H3. The third-order valence-electron chi connectivity index (χ3n) is 6.77. The van der Waals surface area contributed by atoms with Gasteiger partial charge in [0, 0.05) is 38.9 Å². The maximum Gasteiger partial charge on any atom is 0.252 e. The first-order chi connectivity index (χ1) is 13.5. The number of carbonyl (C=O) groups excluding carboxylic acids is 2. The smallest absolute Gasteiger partial charge is 0.252 e. The monoisotopic (exact) mass is 389 g/mol. The number of hydrogen-bond acceptors (Lipinski definition) is 7. The normalized spacial score (nSPS) is 31.4. The maximum atomic E-state index is 13.5. The average Bonchev–Trinajstić information content (AvgIpc) is 3.24. The summed E-state index contributed by atoms with van der Waals surface area (Å²) in [4.78, 5) is 32.3. The van der Waals surface area contributed by atoms with E-state index >= 15 is 0 Å². The fourth-order valence-corrected chi connectivity index (χ4v) is 5.30. The lowest BCUT2D eigenvalue weighted by Crippen LogP contribution is -2.82. The van der Waals surface area contributed by atoms with Crippen LogP contribution in [0.3, 0.4) is 0 Å². The molecule has 4 saturated heterocycles. The number of furan rings is 1. The van der Waals surface area contributed by atoms with Crippen molar-refractivity contribution in [1.29, 1.82) is 0 Å². The second-order valence-electron chi connectivity index (χ2n) is 8.58. The number of carbonyl (C=O) groups is 2. The van der Waals surface area contributed by atoms with Crippen molar-refractivity contribution < 1.29 is 23.8 Å². The predicted octanol–water partition coefficient (Wildman–Crippen LogP) is 0.125. The maximum absolute atomic E-state index is 13.5. The summed E-state index contributed by atoms with van der Waals surface area (Å²) in [6.45, 7) is 5.13. The van der Waals surface area contributed by atoms with E-state index in [-0.39, 0.29) is 18.4 Å². The second-order valence-corrected chi connectivity index (χ2v) is 8.58. The Morgan fingerprint density at radius 3 is 2.64 bits per heavy atom. The van der Waals surface area contributed by atoms with Crippen LogP contribution in [0.1, 0.15) is 30.8 Å². The van der Waals surface area contributed by atoms with Crippen LogP contribution in [-0.2, 0) is 20.9 Å². The number of aliphatic hydroxyl groups excluding tert-OH is 1. The fourth-order valence-electron chi connectivity index (χ4n) is 5.30. The van der Waals surface area contributed by atoms with Crippen LogP contribution in [0.4, 0.5) is 0 Å². The Bertz CT molecular complexity index is 781. The molecule has 5 rings (SSSR count). The van der Waals surface area contributed by atoms with Gasteiger partial charge in [0.2, 0.25) is 5.91 Å². The van der Waals surface area contributed by atoms with Gasteiger partial charge in [-0.25, -0.2) is 0 Å². The van der Waals surface area contributed by atoms with Crippen LogP contribution in [0.5, 0.6) is 0 Å². The highest BCUT2D eigenvalue weighted by Crippen LogP contribution is 2.42. The molecule has 2 unspecified atom stereocenters. The summed E-state index contributed by atoms with van der Waals surface area (Å²) in [5.41, 5.74) is -0.712. The molecule has 5 heterocycles. The molecule has 1 aromatic rings. The topological polar surface area (TPSA) is 86.5 Å². The summed E-state index contributed by atoms with van der Waals surface area (Å²) < 4.78 is 11.1. The molecule has 0 radical (unpaired) electrons. The van der Waals surface area contributed by atoms with Gasteiger partial charge in [-0.15, -0.1) is 0 Å². The number of piperazine rings is 1. The van der Waals surface area contributed by atoms with E-state index < -0.39 is 17.7 Å². The van der Waals surface area contributed by atoms with E-state index in [4.69, 9.17) is 9.15 Å². The highest BCUT2D eigenvalue weighted by Gasteiger charge is 2.64. The molecule has 1 spiro atoms. The summed E-state index contributed by atoms with van der Waals surface area (Å²) in [7, 11) is 0. The van der Waals surface area contributed by atoms with Gasteiger partial charge < -0.3 is 14.3 Å². The molecule has 152 valence electrons. The first-order valence-electron chi connectivity index (χ1n) is 10.2. The fraction of sp³-hybridized carbons (Fsp3) is 0.700. The molecule has 8 nitrogen and oxygen atoms in total. The molecule has 0 aromatic carbocycles. The second kappa shape index (κ2) is 6.66. The van der Waals surface area contributed by atoms with E-state index in [9.17, 15) is 14.7 Å². The third-order valence-corrected chi connectivity index (χ3v) is 6.77. The van der Waals surface area contributed by atoms with Gasteiger partial charge in [-0.05, 0) is 38.3 Å². The number of imide groups is 1. The molecular formula is C20H27N3O5. The number of hydrogen-bond donors (Lipinski definition) is 1. The number of amides is 2. The van der Waals surface area contributed by atoms with Crippen molar-refractivity contribution in [2.45, 2.75) is 56.5 Å². The van der Waals surface area contributed by atoms with Crippen LogP contribution < -0.4 is 0 Å². The predicted molar refractivity (Wildman–Crippen MR) is 98.3 cm³/mol. The van der Waals surface area contributed by atoms with Crippen LogP contribution in [0, 0.1) is 6.92 Å². The van der Waals surface area contributed by atoms with E-state index in [0.717, 1.165) is 31.8 Å². The zero-order valence-electron chi connectivity index (χ0n) is 16.2. The van der Waals surface area contributed by atoms with Crippen molar-refractivity contribution in [2.24, 2.45) is 0 Å². The van der Waals surface area contributed by atoms with E-state index in [0.29, 0.717) is 37.9 Å². The highest BCUT2D eigenvalue weighted by atomic mass is 16.5. The molecular weight excluding hydrogens is 362 g/mol. The van der Waals surface area contributed by atoms with Crippen molar-refractivity contribution in [3.8, 4) is 0 Å². The summed E-state index contributed by atoms with van der Waals surface area (Å²) in [5.74, 6) is 1.00. The zero-order chi connectivity index (χ0) is 19.5. The largest absolute Gasteiger partial charge is 0.464 e. The minimum Gasteiger partial charge on any atom is -0.464 e. The van der Waals surface area contributed by atoms with Crippen LogP contribution in [0.25, 0.3) is 0 Å². The molecule has 4 fully saturated rings. The minimum absolute atomic E-state index is 0.153. The van der Waals surface area contributed by atoms with Crippen LogP contribution in [0.2, 0.25) is 0 Å². The van der Waals surface area contributed by atoms with Crippen LogP contribution in [-0.4, -0.2) is 88.2 Å². The van der Waals surface area contributed by atoms with Crippen molar-refractivity contribution in [2.75, 3.05) is 32.8 Å². The van der Waals surface area contributed by atoms with Gasteiger partial charge >= 0.3 is 0 Å². The molecule has 0 saturated carbocycles. The Morgan fingerprint density at radius 1 is 1.21 bits per heavy atom. The number of aryl methyl sites for hydroxylation is 1. The average molecular weight is 389 g/mol. The Labute approximate surface area is 164 Å². The molecule has 4 aliphatic heterocycles. The highest BCUT2D eigenvalue weighted by molar-refractivity contribution is 6.06. The molecule has 0 aliphatic carbocycles. The van der Waals surface area contributed by atoms with E-state index in [1.807, 2.05) is 24.0 Å². The van der Waals surface area contributed by atoms with Crippen LogP contribution in [0.15, 0.2) is 16.5 Å². The number of β-amino-alcohol motifs (C(OH)–C–C–N with tert-alkyl or cyclic N) is 1. The molecule has 0 bridgehead atoms. The number of aliphatic hydroxyl groups is 1. The number of likely N-dealkylation sites (tertiary alicyclic amines) is 1. The lowest BCUT2D eigenvalue weighted by molar-refractivity contribution is -0.185. The molecule has 1 aromatic heterocycles. The van der Waals surface area contributed by atoms with Gasteiger partial charge in [-0.3, -0.25) is 24.3 Å². The van der Waals surface area contributed by atoms with Crippen LogP contribution >= 0.6 is 0 Å². The van der Waals surface area contributed by atoms with Gasteiger partial charge in [0.15, 0.2) is 0 Å². The first kappa shape index (κ1) is 18.3. The van der Waals surface area contributed by atoms with Gasteiger partial charge in [0.25, 0.3) is 5.91 Å². The van der Waals surface area contributed by atoms with Gasteiger partial charge in [-0.1, -0.05) is 0 Å². The van der Waals surface area contributed by atoms with Crippen molar-refractivity contribution in [3.05, 3.63) is 23.7 Å². The first-order valence-corrected chi connectivity index (χ1v) is 10.2. The number of ether oxygens (including phenoxy) is 1. The number of nitrogens with zero attached hydrogens (tertiary/aromatic N) is 3. The number of fused-ring (bicyclic) bond motifs is 2. The van der Waals surface area contributed by atoms with Gasteiger partial charge in [0.1, 0.15) is 17.1 Å². The Balaban J connectivity index is 1.40. The minimum atomic E-state index is -0.712. The van der Waals surface area contributed by atoms with E-state index in [2.05, 4.69) is 4.90 Å². The summed E-state index contributed by atoms with van der Waals surface area (Å²) in [5, 5.41) is 10.2. The summed E-state index contributed by atoms with van der Waals surface area (Å²) >= 11 is 0.